The number of morpholine rings is 1. The summed E-state index contributed by atoms with van der Waals surface area (Å²) >= 11 is 0. The second-order valence-corrected chi connectivity index (χ2v) is 4.18. The maximum Gasteiger partial charge on any atom is 0.0845 e. The van der Waals surface area contributed by atoms with Crippen LogP contribution in [0, 0.1) is 12.3 Å². The number of anilines is 2. The van der Waals surface area contributed by atoms with Crippen molar-refractivity contribution in [3.8, 4) is 12.3 Å². The van der Waals surface area contributed by atoms with Crippen molar-refractivity contribution in [1.82, 2.24) is 0 Å². The van der Waals surface area contributed by atoms with Crippen LogP contribution in [0.1, 0.15) is 6.92 Å². The number of benzene rings is 1. The third-order valence-corrected chi connectivity index (χ3v) is 2.88. The van der Waals surface area contributed by atoms with Gasteiger partial charge >= 0.3 is 0 Å². The van der Waals surface area contributed by atoms with Crippen LogP contribution in [0.5, 0.6) is 0 Å². The molecule has 1 saturated heterocycles. The van der Waals surface area contributed by atoms with Crippen LogP contribution in [-0.4, -0.2) is 32.3 Å². The first-order valence-corrected chi connectivity index (χ1v) is 5.95. The Bertz CT molecular complexity index is 388. The lowest BCUT2D eigenvalue weighted by molar-refractivity contribution is 0.122. The van der Waals surface area contributed by atoms with Crippen molar-refractivity contribution in [2.24, 2.45) is 0 Å². The Morgan fingerprint density at radius 3 is 2.53 bits per heavy atom. The minimum atomic E-state index is 0.0595. The van der Waals surface area contributed by atoms with Crippen molar-refractivity contribution in [3.05, 3.63) is 24.3 Å². The standard InChI is InChI=1S/C14H18N2O/c1-3-12(2)15-13-4-6-14(7-5-13)16-8-10-17-11-9-16/h1,4-7,12,15H,8-11H2,2H3. The van der Waals surface area contributed by atoms with Gasteiger partial charge in [0.2, 0.25) is 0 Å². The van der Waals surface area contributed by atoms with E-state index in [1.807, 2.05) is 6.92 Å². The fraction of sp³-hybridized carbons (Fsp3) is 0.429. The maximum atomic E-state index is 5.34. The van der Waals surface area contributed by atoms with E-state index in [4.69, 9.17) is 11.2 Å². The van der Waals surface area contributed by atoms with Crippen LogP contribution < -0.4 is 10.2 Å². The Morgan fingerprint density at radius 1 is 1.29 bits per heavy atom. The lowest BCUT2D eigenvalue weighted by Gasteiger charge is -2.29. The zero-order valence-electron chi connectivity index (χ0n) is 10.1. The van der Waals surface area contributed by atoms with Crippen LogP contribution in [0.25, 0.3) is 0 Å². The molecule has 0 aliphatic carbocycles. The summed E-state index contributed by atoms with van der Waals surface area (Å²) in [5.41, 5.74) is 2.31. The first-order valence-electron chi connectivity index (χ1n) is 5.95. The number of ether oxygens (including phenoxy) is 1. The van der Waals surface area contributed by atoms with Crippen LogP contribution in [0.2, 0.25) is 0 Å². The van der Waals surface area contributed by atoms with Crippen molar-refractivity contribution in [2.75, 3.05) is 36.5 Å². The van der Waals surface area contributed by atoms with E-state index in [2.05, 4.69) is 40.4 Å². The zero-order valence-corrected chi connectivity index (χ0v) is 10.1. The molecule has 3 nitrogen and oxygen atoms in total. The molecule has 1 aromatic rings. The molecule has 3 heteroatoms. The third-order valence-electron chi connectivity index (χ3n) is 2.88. The van der Waals surface area contributed by atoms with Gasteiger partial charge in [0.1, 0.15) is 0 Å². The summed E-state index contributed by atoms with van der Waals surface area (Å²) in [6.07, 6.45) is 5.33. The predicted octanol–water partition coefficient (Wildman–Crippen LogP) is 1.96. The summed E-state index contributed by atoms with van der Waals surface area (Å²) in [6, 6.07) is 8.44. The fourth-order valence-electron chi connectivity index (χ4n) is 1.88. The van der Waals surface area contributed by atoms with E-state index in [-0.39, 0.29) is 6.04 Å². The van der Waals surface area contributed by atoms with Gasteiger partial charge in [-0.05, 0) is 31.2 Å². The Labute approximate surface area is 103 Å². The Kier molecular flexibility index (Phi) is 3.89. The predicted molar refractivity (Wildman–Crippen MR) is 71.4 cm³/mol. The van der Waals surface area contributed by atoms with Crippen LogP contribution in [0.15, 0.2) is 24.3 Å². The summed E-state index contributed by atoms with van der Waals surface area (Å²) in [4.78, 5) is 2.33. The average molecular weight is 230 g/mol. The summed E-state index contributed by atoms with van der Waals surface area (Å²) in [5, 5.41) is 3.24. The van der Waals surface area contributed by atoms with E-state index < -0.39 is 0 Å². The molecule has 1 aliphatic heterocycles. The molecule has 2 rings (SSSR count). The van der Waals surface area contributed by atoms with E-state index in [0.717, 1.165) is 32.0 Å². The Morgan fingerprint density at radius 2 is 1.94 bits per heavy atom. The highest BCUT2D eigenvalue weighted by Crippen LogP contribution is 2.19. The van der Waals surface area contributed by atoms with Crippen LogP contribution in [0.3, 0.4) is 0 Å². The number of hydrogen-bond donors (Lipinski definition) is 1. The summed E-state index contributed by atoms with van der Waals surface area (Å²) < 4.78 is 5.34. The van der Waals surface area contributed by atoms with Gasteiger partial charge in [-0.2, -0.15) is 0 Å². The first-order chi connectivity index (χ1) is 8.29. The molecule has 0 bridgehead atoms. The quantitative estimate of drug-likeness (QED) is 0.803. The highest BCUT2D eigenvalue weighted by atomic mass is 16.5. The molecule has 1 fully saturated rings. The van der Waals surface area contributed by atoms with Crippen LogP contribution >= 0.6 is 0 Å². The minimum Gasteiger partial charge on any atom is -0.378 e. The van der Waals surface area contributed by atoms with Crippen LogP contribution in [-0.2, 0) is 4.74 Å². The average Bonchev–Trinajstić information content (AvgIpc) is 2.40. The molecular formula is C14H18N2O. The SMILES string of the molecule is C#CC(C)Nc1ccc(N2CCOCC2)cc1. The highest BCUT2D eigenvalue weighted by molar-refractivity contribution is 5.56. The van der Waals surface area contributed by atoms with E-state index in [9.17, 15) is 0 Å². The molecule has 0 aromatic heterocycles. The third kappa shape index (κ3) is 3.15. The summed E-state index contributed by atoms with van der Waals surface area (Å²) in [7, 11) is 0. The van der Waals surface area contributed by atoms with Crippen molar-refractivity contribution >= 4 is 11.4 Å². The fourth-order valence-corrected chi connectivity index (χ4v) is 1.88. The van der Waals surface area contributed by atoms with Crippen molar-refractivity contribution in [1.29, 1.82) is 0 Å². The Balaban J connectivity index is 2.00. The molecule has 0 spiro atoms. The molecule has 1 aromatic carbocycles. The van der Waals surface area contributed by atoms with Gasteiger partial charge in [0.15, 0.2) is 0 Å². The monoisotopic (exact) mass is 230 g/mol. The van der Waals surface area contributed by atoms with Gasteiger partial charge in [-0.25, -0.2) is 0 Å². The molecule has 1 unspecified atom stereocenters. The van der Waals surface area contributed by atoms with Gasteiger partial charge in [-0.15, -0.1) is 6.42 Å². The second-order valence-electron chi connectivity index (χ2n) is 4.18. The molecule has 0 radical (unpaired) electrons. The summed E-state index contributed by atoms with van der Waals surface area (Å²) in [5.74, 6) is 2.65. The van der Waals surface area contributed by atoms with E-state index in [0.29, 0.717) is 0 Å². The topological polar surface area (TPSA) is 24.5 Å². The largest absolute Gasteiger partial charge is 0.378 e. The van der Waals surface area contributed by atoms with Gasteiger partial charge in [0.25, 0.3) is 0 Å². The number of hydrogen-bond acceptors (Lipinski definition) is 3. The van der Waals surface area contributed by atoms with Gasteiger partial charge in [-0.3, -0.25) is 0 Å². The molecule has 1 aliphatic rings. The van der Waals surface area contributed by atoms with Crippen molar-refractivity contribution < 1.29 is 4.74 Å². The van der Waals surface area contributed by atoms with Crippen molar-refractivity contribution in [2.45, 2.75) is 13.0 Å². The zero-order chi connectivity index (χ0) is 12.1. The van der Waals surface area contributed by atoms with E-state index in [1.54, 1.807) is 0 Å². The molecule has 0 amide bonds. The normalized spacial score (nSPS) is 17.3. The van der Waals surface area contributed by atoms with E-state index in [1.165, 1.54) is 5.69 Å². The molecule has 90 valence electrons. The van der Waals surface area contributed by atoms with Gasteiger partial charge in [0.05, 0.1) is 19.3 Å². The number of nitrogens with one attached hydrogen (secondary N) is 1. The van der Waals surface area contributed by atoms with Crippen LogP contribution in [0.4, 0.5) is 11.4 Å². The first kappa shape index (κ1) is 11.8. The van der Waals surface area contributed by atoms with Gasteiger partial charge in [-0.1, -0.05) is 5.92 Å². The Hall–Kier alpha value is -1.66. The van der Waals surface area contributed by atoms with Gasteiger partial charge < -0.3 is 15.0 Å². The molecule has 1 N–H and O–H groups in total. The second kappa shape index (κ2) is 5.60. The maximum absolute atomic E-state index is 5.34. The number of rotatable bonds is 3. The smallest absolute Gasteiger partial charge is 0.0845 e. The molecular weight excluding hydrogens is 212 g/mol. The van der Waals surface area contributed by atoms with Gasteiger partial charge in [0, 0.05) is 24.5 Å². The summed E-state index contributed by atoms with van der Waals surface area (Å²) in [6.45, 7) is 5.53. The van der Waals surface area contributed by atoms with Crippen molar-refractivity contribution in [3.63, 3.8) is 0 Å². The van der Waals surface area contributed by atoms with E-state index >= 15 is 0 Å². The number of terminal acetylenes is 1. The lowest BCUT2D eigenvalue weighted by Crippen LogP contribution is -2.36. The lowest BCUT2D eigenvalue weighted by atomic mass is 10.2. The number of nitrogens with zero attached hydrogens (tertiary/aromatic N) is 1. The molecule has 1 atom stereocenters. The minimum absolute atomic E-state index is 0.0595. The molecule has 17 heavy (non-hydrogen) atoms. The molecule has 0 saturated carbocycles. The highest BCUT2D eigenvalue weighted by Gasteiger charge is 2.10. The molecule has 1 heterocycles.